The summed E-state index contributed by atoms with van der Waals surface area (Å²) in [5.74, 6) is 0.929. The van der Waals surface area contributed by atoms with Crippen LogP contribution in [0.3, 0.4) is 0 Å². The van der Waals surface area contributed by atoms with Crippen molar-refractivity contribution in [2.45, 2.75) is 12.8 Å². The minimum Gasteiger partial charge on any atom is -0.340 e. The number of sulfonamides is 1. The molecule has 0 spiro atoms. The van der Waals surface area contributed by atoms with Gasteiger partial charge in [-0.3, -0.25) is 4.79 Å². The first kappa shape index (κ1) is 17.1. The average molecular weight is 370 g/mol. The van der Waals surface area contributed by atoms with Gasteiger partial charge in [0.05, 0.1) is 6.26 Å². The number of nitrogens with zero attached hydrogens (tertiary/aromatic N) is 4. The minimum absolute atomic E-state index is 0.0292. The zero-order chi connectivity index (χ0) is 17.2. The topological polar surface area (TPSA) is 96.6 Å². The molecule has 130 valence electrons. The summed E-state index contributed by atoms with van der Waals surface area (Å²) in [4.78, 5) is 18.2. The Hall–Kier alpha value is -1.78. The van der Waals surface area contributed by atoms with E-state index in [1.165, 1.54) is 10.6 Å². The second kappa shape index (κ2) is 6.99. The second-order valence-corrected chi connectivity index (χ2v) is 8.33. The van der Waals surface area contributed by atoms with E-state index < -0.39 is 10.0 Å². The lowest BCUT2D eigenvalue weighted by Crippen LogP contribution is -2.50. The van der Waals surface area contributed by atoms with Crippen molar-refractivity contribution in [3.8, 4) is 11.4 Å². The number of carbonyl (C=O) groups excluding carboxylic acids is 1. The van der Waals surface area contributed by atoms with Crippen LogP contribution in [-0.2, 0) is 21.2 Å². The standard InChI is InChI=1S/C14H18N4O4S2/c1-24(20,21)18-7-5-17(6-8-18)13(19)3-2-12-15-14(16-22-12)11-4-9-23-10-11/h4,9-10H,2-3,5-8H2,1H3. The highest BCUT2D eigenvalue weighted by Crippen LogP contribution is 2.19. The molecule has 1 aliphatic heterocycles. The van der Waals surface area contributed by atoms with Crippen LogP contribution in [0, 0.1) is 0 Å². The van der Waals surface area contributed by atoms with Gasteiger partial charge in [0.15, 0.2) is 0 Å². The van der Waals surface area contributed by atoms with Crippen molar-refractivity contribution in [1.82, 2.24) is 19.3 Å². The first-order valence-corrected chi connectivity index (χ1v) is 10.3. The molecule has 1 aliphatic rings. The first-order chi connectivity index (χ1) is 11.4. The number of aromatic nitrogens is 2. The molecule has 24 heavy (non-hydrogen) atoms. The Morgan fingerprint density at radius 2 is 2.08 bits per heavy atom. The molecule has 0 N–H and O–H groups in total. The van der Waals surface area contributed by atoms with Gasteiger partial charge < -0.3 is 9.42 Å². The normalized spacial score (nSPS) is 16.5. The van der Waals surface area contributed by atoms with Crippen molar-refractivity contribution in [2.24, 2.45) is 0 Å². The molecule has 10 heteroatoms. The Balaban J connectivity index is 1.50. The Morgan fingerprint density at radius 3 is 2.71 bits per heavy atom. The number of amides is 1. The van der Waals surface area contributed by atoms with Crippen LogP contribution in [0.4, 0.5) is 0 Å². The van der Waals surface area contributed by atoms with Crippen LogP contribution in [0.25, 0.3) is 11.4 Å². The van der Waals surface area contributed by atoms with Gasteiger partial charge >= 0.3 is 0 Å². The Bertz CT molecular complexity index is 793. The van der Waals surface area contributed by atoms with Crippen molar-refractivity contribution < 1.29 is 17.7 Å². The van der Waals surface area contributed by atoms with Gasteiger partial charge in [-0.15, -0.1) is 0 Å². The van der Waals surface area contributed by atoms with E-state index in [0.29, 0.717) is 44.3 Å². The number of thiophene rings is 1. The summed E-state index contributed by atoms with van der Waals surface area (Å²) < 4.78 is 29.5. The highest BCUT2D eigenvalue weighted by atomic mass is 32.2. The lowest BCUT2D eigenvalue weighted by Gasteiger charge is -2.33. The van der Waals surface area contributed by atoms with E-state index in [1.807, 2.05) is 16.8 Å². The SMILES string of the molecule is CS(=O)(=O)N1CCN(C(=O)CCc2nc(-c3ccsc3)no2)CC1. The van der Waals surface area contributed by atoms with Crippen molar-refractivity contribution >= 4 is 27.3 Å². The molecular weight excluding hydrogens is 352 g/mol. The van der Waals surface area contributed by atoms with E-state index in [0.717, 1.165) is 5.56 Å². The van der Waals surface area contributed by atoms with Crippen LogP contribution in [0.5, 0.6) is 0 Å². The van der Waals surface area contributed by atoms with Gasteiger partial charge in [-0.1, -0.05) is 5.16 Å². The van der Waals surface area contributed by atoms with Gasteiger partial charge in [0.25, 0.3) is 0 Å². The zero-order valence-electron chi connectivity index (χ0n) is 13.2. The Kier molecular flexibility index (Phi) is 4.97. The number of hydrogen-bond acceptors (Lipinski definition) is 7. The molecule has 0 aliphatic carbocycles. The molecule has 0 atom stereocenters. The highest BCUT2D eigenvalue weighted by molar-refractivity contribution is 7.88. The summed E-state index contributed by atoms with van der Waals surface area (Å²) in [6.45, 7) is 1.51. The highest BCUT2D eigenvalue weighted by Gasteiger charge is 2.26. The molecule has 3 heterocycles. The molecule has 0 aromatic carbocycles. The lowest BCUT2D eigenvalue weighted by molar-refractivity contribution is -0.132. The van der Waals surface area contributed by atoms with Gasteiger partial charge in [0.1, 0.15) is 0 Å². The fourth-order valence-electron chi connectivity index (χ4n) is 2.51. The third kappa shape index (κ3) is 4.00. The molecule has 8 nitrogen and oxygen atoms in total. The molecule has 1 amide bonds. The molecule has 0 bridgehead atoms. The van der Waals surface area contributed by atoms with E-state index in [9.17, 15) is 13.2 Å². The van der Waals surface area contributed by atoms with Gasteiger partial charge in [0.2, 0.25) is 27.6 Å². The summed E-state index contributed by atoms with van der Waals surface area (Å²) in [7, 11) is -3.19. The van der Waals surface area contributed by atoms with E-state index in [1.54, 1.807) is 16.2 Å². The smallest absolute Gasteiger partial charge is 0.227 e. The maximum atomic E-state index is 12.2. The maximum Gasteiger partial charge on any atom is 0.227 e. The van der Waals surface area contributed by atoms with Crippen molar-refractivity contribution in [3.63, 3.8) is 0 Å². The minimum atomic E-state index is -3.19. The number of piperazine rings is 1. The summed E-state index contributed by atoms with van der Waals surface area (Å²) in [6, 6.07) is 1.91. The van der Waals surface area contributed by atoms with E-state index in [4.69, 9.17) is 4.52 Å². The molecule has 1 saturated heterocycles. The molecule has 0 radical (unpaired) electrons. The lowest BCUT2D eigenvalue weighted by atomic mass is 10.2. The first-order valence-electron chi connectivity index (χ1n) is 7.51. The van der Waals surface area contributed by atoms with Crippen LogP contribution >= 0.6 is 11.3 Å². The fraction of sp³-hybridized carbons (Fsp3) is 0.500. The number of aryl methyl sites for hydroxylation is 1. The molecule has 2 aromatic rings. The third-order valence-electron chi connectivity index (χ3n) is 3.86. The maximum absolute atomic E-state index is 12.2. The molecule has 1 fully saturated rings. The van der Waals surface area contributed by atoms with Crippen molar-refractivity contribution in [2.75, 3.05) is 32.4 Å². The van der Waals surface area contributed by atoms with Gasteiger partial charge in [-0.25, -0.2) is 8.42 Å². The quantitative estimate of drug-likeness (QED) is 0.774. The second-order valence-electron chi connectivity index (χ2n) is 5.57. The molecule has 0 saturated carbocycles. The van der Waals surface area contributed by atoms with Crippen LogP contribution < -0.4 is 0 Å². The molecule has 0 unspecified atom stereocenters. The van der Waals surface area contributed by atoms with Gasteiger partial charge in [-0.05, 0) is 11.4 Å². The van der Waals surface area contributed by atoms with Crippen molar-refractivity contribution in [1.29, 1.82) is 0 Å². The zero-order valence-corrected chi connectivity index (χ0v) is 14.8. The monoisotopic (exact) mass is 370 g/mol. The Labute approximate surface area is 144 Å². The van der Waals surface area contributed by atoms with Gasteiger partial charge in [0, 0.05) is 50.0 Å². The summed E-state index contributed by atoms with van der Waals surface area (Å²) >= 11 is 1.55. The van der Waals surface area contributed by atoms with Crippen LogP contribution in [0.1, 0.15) is 12.3 Å². The average Bonchev–Trinajstić information content (AvgIpc) is 3.23. The van der Waals surface area contributed by atoms with E-state index >= 15 is 0 Å². The Morgan fingerprint density at radius 1 is 1.33 bits per heavy atom. The summed E-state index contributed by atoms with van der Waals surface area (Å²) in [5.41, 5.74) is 0.901. The van der Waals surface area contributed by atoms with Crippen LogP contribution in [0.2, 0.25) is 0 Å². The van der Waals surface area contributed by atoms with Crippen LogP contribution in [-0.4, -0.2) is 66.1 Å². The number of carbonyl (C=O) groups is 1. The largest absolute Gasteiger partial charge is 0.340 e. The van der Waals surface area contributed by atoms with Crippen LogP contribution in [0.15, 0.2) is 21.3 Å². The van der Waals surface area contributed by atoms with Crippen molar-refractivity contribution in [3.05, 3.63) is 22.7 Å². The molecule has 3 rings (SSSR count). The number of rotatable bonds is 5. The summed E-state index contributed by atoms with van der Waals surface area (Å²) in [6.07, 6.45) is 1.83. The predicted molar refractivity (Wildman–Crippen MR) is 88.9 cm³/mol. The molecular formula is C14H18N4O4S2. The number of hydrogen-bond donors (Lipinski definition) is 0. The predicted octanol–water partition coefficient (Wildman–Crippen LogP) is 0.835. The van der Waals surface area contributed by atoms with E-state index in [2.05, 4.69) is 10.1 Å². The third-order valence-corrected chi connectivity index (χ3v) is 5.85. The van der Waals surface area contributed by atoms with Gasteiger partial charge in [-0.2, -0.15) is 20.6 Å². The molecule has 2 aromatic heterocycles. The van der Waals surface area contributed by atoms with E-state index in [-0.39, 0.29) is 12.3 Å². The fourth-order valence-corrected chi connectivity index (χ4v) is 3.97. The summed E-state index contributed by atoms with van der Waals surface area (Å²) in [5, 5.41) is 7.78.